The van der Waals surface area contributed by atoms with Crippen LogP contribution in [0.3, 0.4) is 0 Å². The van der Waals surface area contributed by atoms with Gasteiger partial charge < -0.3 is 16.0 Å². The summed E-state index contributed by atoms with van der Waals surface area (Å²) >= 11 is 0. The normalized spacial score (nSPS) is 18.8. The van der Waals surface area contributed by atoms with Gasteiger partial charge in [0.05, 0.1) is 17.5 Å². The largest absolute Gasteiger partial charge is 0.369 e. The maximum Gasteiger partial charge on any atom is 0.256 e. The van der Waals surface area contributed by atoms with Crippen molar-refractivity contribution in [3.05, 3.63) is 72.1 Å². The Morgan fingerprint density at radius 3 is 2.77 bits per heavy atom. The van der Waals surface area contributed by atoms with Crippen LogP contribution in [0.5, 0.6) is 0 Å². The number of hydrogen-bond donors (Lipinski definition) is 3. The van der Waals surface area contributed by atoms with Gasteiger partial charge in [-0.1, -0.05) is 30.3 Å². The lowest BCUT2D eigenvalue weighted by Gasteiger charge is -2.33. The van der Waals surface area contributed by atoms with E-state index in [1.54, 1.807) is 37.6 Å². The molecule has 4 N–H and O–H groups in total. The molecule has 0 fully saturated rings. The minimum absolute atomic E-state index is 0.105. The van der Waals surface area contributed by atoms with Crippen LogP contribution in [0.2, 0.25) is 0 Å². The first kappa shape index (κ1) is 19.4. The molecule has 0 saturated carbocycles. The number of H-pyrrole nitrogens is 1. The Hall–Kier alpha value is -3.94. The first-order valence-electron chi connectivity index (χ1n) is 9.50. The summed E-state index contributed by atoms with van der Waals surface area (Å²) in [4.78, 5) is 38.4. The molecule has 0 aliphatic carbocycles. The summed E-state index contributed by atoms with van der Waals surface area (Å²) in [6, 6.07) is 14.6. The molecule has 0 radical (unpaired) electrons. The number of hydrogen-bond acceptors (Lipinski definition) is 5. The second-order valence-electron chi connectivity index (χ2n) is 7.39. The SMILES string of the molecule is CN1C(=O)CC(C)(c2cccc(NC(=O)c3ccccc3-c3ncc[nH]3)c2)N=C1N. The Kier molecular flexibility index (Phi) is 4.83. The van der Waals surface area contributed by atoms with Crippen molar-refractivity contribution in [2.24, 2.45) is 10.7 Å². The molecule has 4 rings (SSSR count). The molecule has 2 heterocycles. The fraction of sp³-hybridized carbons (Fsp3) is 0.182. The number of nitrogens with two attached hydrogens (primary N) is 1. The second kappa shape index (κ2) is 7.47. The molecule has 1 aromatic heterocycles. The Morgan fingerprint density at radius 2 is 2.03 bits per heavy atom. The molecule has 30 heavy (non-hydrogen) atoms. The number of benzene rings is 2. The molecule has 1 atom stereocenters. The number of anilines is 1. The standard InChI is InChI=1S/C22H22N6O2/c1-22(13-18(29)28(2)21(23)27-22)14-6-5-7-15(12-14)26-20(30)17-9-4-3-8-16(17)19-24-10-11-25-19/h3-12H,13H2,1-2H3,(H2,23,27)(H,24,25)(H,26,30). The van der Waals surface area contributed by atoms with Gasteiger partial charge in [0.1, 0.15) is 5.82 Å². The summed E-state index contributed by atoms with van der Waals surface area (Å²) in [6.07, 6.45) is 3.55. The van der Waals surface area contributed by atoms with Crippen LogP contribution in [-0.4, -0.2) is 39.7 Å². The van der Waals surface area contributed by atoms with Gasteiger partial charge >= 0.3 is 0 Å². The molecule has 2 amide bonds. The Morgan fingerprint density at radius 1 is 1.23 bits per heavy atom. The van der Waals surface area contributed by atoms with Gasteiger partial charge in [-0.15, -0.1) is 0 Å². The number of rotatable bonds is 4. The molecule has 1 aliphatic heterocycles. The van der Waals surface area contributed by atoms with Gasteiger partial charge in [0, 0.05) is 30.7 Å². The van der Waals surface area contributed by atoms with E-state index in [0.29, 0.717) is 22.6 Å². The number of aromatic amines is 1. The summed E-state index contributed by atoms with van der Waals surface area (Å²) < 4.78 is 0. The minimum atomic E-state index is -0.791. The van der Waals surface area contributed by atoms with Gasteiger partial charge in [0.25, 0.3) is 5.91 Å². The fourth-order valence-corrected chi connectivity index (χ4v) is 3.51. The van der Waals surface area contributed by atoms with Gasteiger partial charge in [-0.3, -0.25) is 14.5 Å². The number of carbonyl (C=O) groups is 2. The number of guanidine groups is 1. The molecular weight excluding hydrogens is 380 g/mol. The summed E-state index contributed by atoms with van der Waals surface area (Å²) in [7, 11) is 1.61. The molecule has 0 bridgehead atoms. The van der Waals surface area contributed by atoms with Crippen molar-refractivity contribution < 1.29 is 9.59 Å². The topological polar surface area (TPSA) is 116 Å². The number of aromatic nitrogens is 2. The van der Waals surface area contributed by atoms with Crippen LogP contribution in [0.15, 0.2) is 65.9 Å². The van der Waals surface area contributed by atoms with E-state index in [2.05, 4.69) is 20.3 Å². The van der Waals surface area contributed by atoms with Gasteiger partial charge in [-0.2, -0.15) is 0 Å². The average molecular weight is 402 g/mol. The quantitative estimate of drug-likeness (QED) is 0.622. The number of nitrogens with one attached hydrogen (secondary N) is 2. The van der Waals surface area contributed by atoms with Crippen LogP contribution >= 0.6 is 0 Å². The first-order chi connectivity index (χ1) is 14.4. The van der Waals surface area contributed by atoms with Crippen molar-refractivity contribution in [1.82, 2.24) is 14.9 Å². The van der Waals surface area contributed by atoms with Crippen molar-refractivity contribution in [3.63, 3.8) is 0 Å². The Bertz CT molecular complexity index is 1140. The van der Waals surface area contributed by atoms with Crippen LogP contribution in [-0.2, 0) is 10.3 Å². The number of aliphatic imine (C=N–C) groups is 1. The second-order valence-corrected chi connectivity index (χ2v) is 7.39. The highest BCUT2D eigenvalue weighted by Crippen LogP contribution is 2.34. The smallest absolute Gasteiger partial charge is 0.256 e. The van der Waals surface area contributed by atoms with E-state index in [0.717, 1.165) is 5.56 Å². The molecule has 0 spiro atoms. The average Bonchev–Trinajstić information content (AvgIpc) is 3.27. The zero-order valence-electron chi connectivity index (χ0n) is 16.7. The lowest BCUT2D eigenvalue weighted by molar-refractivity contribution is -0.128. The maximum absolute atomic E-state index is 13.0. The van der Waals surface area contributed by atoms with Crippen LogP contribution in [0.1, 0.15) is 29.3 Å². The van der Waals surface area contributed by atoms with Crippen LogP contribution in [0.25, 0.3) is 11.4 Å². The number of imidazole rings is 1. The van der Waals surface area contributed by atoms with E-state index < -0.39 is 5.54 Å². The van der Waals surface area contributed by atoms with Crippen molar-refractivity contribution >= 4 is 23.5 Å². The number of amides is 2. The van der Waals surface area contributed by atoms with Crippen molar-refractivity contribution in [2.45, 2.75) is 18.9 Å². The molecule has 0 saturated heterocycles. The molecule has 152 valence electrons. The zero-order valence-corrected chi connectivity index (χ0v) is 16.7. The third-order valence-corrected chi connectivity index (χ3v) is 5.24. The van der Waals surface area contributed by atoms with E-state index in [4.69, 9.17) is 5.73 Å². The number of carbonyl (C=O) groups excluding carboxylic acids is 2. The molecule has 1 aliphatic rings. The van der Waals surface area contributed by atoms with Gasteiger partial charge in [-0.25, -0.2) is 9.98 Å². The summed E-state index contributed by atoms with van der Waals surface area (Å²) in [5, 5.41) is 2.93. The van der Waals surface area contributed by atoms with Gasteiger partial charge in [0.2, 0.25) is 5.91 Å². The highest BCUT2D eigenvalue weighted by atomic mass is 16.2. The van der Waals surface area contributed by atoms with E-state index in [1.807, 2.05) is 37.3 Å². The molecule has 1 unspecified atom stereocenters. The molecule has 8 heteroatoms. The Labute approximate surface area is 173 Å². The molecular formula is C22H22N6O2. The monoisotopic (exact) mass is 402 g/mol. The van der Waals surface area contributed by atoms with Crippen molar-refractivity contribution in [3.8, 4) is 11.4 Å². The van der Waals surface area contributed by atoms with Crippen LogP contribution in [0, 0.1) is 0 Å². The molecule has 8 nitrogen and oxygen atoms in total. The number of nitrogens with zero attached hydrogens (tertiary/aromatic N) is 3. The van der Waals surface area contributed by atoms with E-state index in [1.165, 1.54) is 4.90 Å². The van der Waals surface area contributed by atoms with E-state index in [-0.39, 0.29) is 24.2 Å². The van der Waals surface area contributed by atoms with Gasteiger partial charge in [-0.05, 0) is 30.7 Å². The first-order valence-corrected chi connectivity index (χ1v) is 9.50. The minimum Gasteiger partial charge on any atom is -0.369 e. The summed E-state index contributed by atoms with van der Waals surface area (Å²) in [5.74, 6) is 0.436. The van der Waals surface area contributed by atoms with Crippen molar-refractivity contribution in [2.75, 3.05) is 12.4 Å². The Balaban J connectivity index is 1.62. The fourth-order valence-electron chi connectivity index (χ4n) is 3.51. The van der Waals surface area contributed by atoms with Crippen molar-refractivity contribution in [1.29, 1.82) is 0 Å². The van der Waals surface area contributed by atoms with Gasteiger partial charge in [0.15, 0.2) is 5.96 Å². The highest BCUT2D eigenvalue weighted by molar-refractivity contribution is 6.08. The van der Waals surface area contributed by atoms with E-state index >= 15 is 0 Å². The lowest BCUT2D eigenvalue weighted by Crippen LogP contribution is -2.47. The van der Waals surface area contributed by atoms with E-state index in [9.17, 15) is 9.59 Å². The predicted octanol–water partition coefficient (Wildman–Crippen LogP) is 2.72. The predicted molar refractivity (Wildman–Crippen MR) is 115 cm³/mol. The molecule has 3 aromatic rings. The summed E-state index contributed by atoms with van der Waals surface area (Å²) in [6.45, 7) is 1.86. The third kappa shape index (κ3) is 3.55. The van der Waals surface area contributed by atoms with Crippen LogP contribution in [0.4, 0.5) is 5.69 Å². The van der Waals surface area contributed by atoms with Crippen LogP contribution < -0.4 is 11.1 Å². The molecule has 2 aromatic carbocycles. The third-order valence-electron chi connectivity index (χ3n) is 5.24. The maximum atomic E-state index is 13.0. The highest BCUT2D eigenvalue weighted by Gasteiger charge is 2.36. The summed E-state index contributed by atoms with van der Waals surface area (Å²) in [5.41, 5.74) is 7.74. The lowest BCUT2D eigenvalue weighted by atomic mass is 9.87. The zero-order chi connectivity index (χ0) is 21.3.